The van der Waals surface area contributed by atoms with Gasteiger partial charge in [-0.05, 0) is 36.6 Å². The van der Waals surface area contributed by atoms with Crippen LogP contribution in [0.1, 0.15) is 18.7 Å². The first-order chi connectivity index (χ1) is 6.25. The largest absolute Gasteiger partial charge is 0.143 e. The van der Waals surface area contributed by atoms with Gasteiger partial charge in [-0.2, -0.15) is 0 Å². The lowest BCUT2D eigenvalue weighted by atomic mass is 10.2. The van der Waals surface area contributed by atoms with Gasteiger partial charge in [0.15, 0.2) is 0 Å². The maximum Gasteiger partial charge on any atom is 0.0346 e. The van der Waals surface area contributed by atoms with Gasteiger partial charge in [-0.1, -0.05) is 13.8 Å². The molecule has 0 aliphatic heterocycles. The van der Waals surface area contributed by atoms with Gasteiger partial charge < -0.3 is 0 Å². The molecular formula is C11H14S2. The van der Waals surface area contributed by atoms with Gasteiger partial charge in [-0.3, -0.25) is 0 Å². The number of benzene rings is 1. The minimum Gasteiger partial charge on any atom is -0.143 e. The summed E-state index contributed by atoms with van der Waals surface area (Å²) in [6.45, 7) is 6.13. The van der Waals surface area contributed by atoms with Crippen LogP contribution in [0.3, 0.4) is 0 Å². The molecule has 2 heteroatoms. The molecule has 0 fully saturated rings. The molecule has 0 bridgehead atoms. The number of thiol groups is 1. The van der Waals surface area contributed by atoms with Gasteiger partial charge in [0.25, 0.3) is 0 Å². The summed E-state index contributed by atoms with van der Waals surface area (Å²) in [6, 6.07) is 8.44. The quantitative estimate of drug-likeness (QED) is 0.607. The Morgan fingerprint density at radius 1 is 1.15 bits per heavy atom. The Bertz CT molecular complexity index is 388. The standard InChI is InChI=1S/C9H8S2.C2H6/c1-6-4-7-5-8(10)2-3-9(7)11-6;1-2/h2-5,10H,1H3;1-2H3. The molecule has 0 saturated carbocycles. The summed E-state index contributed by atoms with van der Waals surface area (Å²) in [5.41, 5.74) is 0. The van der Waals surface area contributed by atoms with Gasteiger partial charge in [0.1, 0.15) is 0 Å². The first-order valence-corrected chi connectivity index (χ1v) is 5.71. The molecule has 0 saturated heterocycles. The minimum absolute atomic E-state index is 1.04. The zero-order valence-corrected chi connectivity index (χ0v) is 9.88. The second-order valence-corrected chi connectivity index (χ2v) is 4.38. The molecule has 2 aromatic rings. The second-order valence-electron chi connectivity index (χ2n) is 2.58. The van der Waals surface area contributed by atoms with E-state index in [0.29, 0.717) is 0 Å². The summed E-state index contributed by atoms with van der Waals surface area (Å²) in [7, 11) is 0. The van der Waals surface area contributed by atoms with Gasteiger partial charge in [-0.15, -0.1) is 24.0 Å². The molecule has 1 aromatic carbocycles. The van der Waals surface area contributed by atoms with Crippen molar-refractivity contribution in [3.63, 3.8) is 0 Å². The van der Waals surface area contributed by atoms with E-state index in [1.165, 1.54) is 15.0 Å². The summed E-state index contributed by atoms with van der Waals surface area (Å²) < 4.78 is 1.35. The normalized spacial score (nSPS) is 9.54. The Morgan fingerprint density at radius 3 is 2.54 bits per heavy atom. The molecule has 0 aliphatic carbocycles. The van der Waals surface area contributed by atoms with Gasteiger partial charge in [0, 0.05) is 14.5 Å². The van der Waals surface area contributed by atoms with Gasteiger partial charge >= 0.3 is 0 Å². The summed E-state index contributed by atoms with van der Waals surface area (Å²) >= 11 is 6.10. The van der Waals surface area contributed by atoms with Gasteiger partial charge in [0.2, 0.25) is 0 Å². The van der Waals surface area contributed by atoms with E-state index >= 15 is 0 Å². The third kappa shape index (κ3) is 2.48. The molecule has 0 atom stereocenters. The lowest BCUT2D eigenvalue weighted by Gasteiger charge is -1.89. The summed E-state index contributed by atoms with van der Waals surface area (Å²) in [6.07, 6.45) is 0. The van der Waals surface area contributed by atoms with Gasteiger partial charge in [-0.25, -0.2) is 0 Å². The summed E-state index contributed by atoms with van der Waals surface area (Å²) in [5.74, 6) is 0. The Morgan fingerprint density at radius 2 is 1.85 bits per heavy atom. The zero-order valence-electron chi connectivity index (χ0n) is 8.16. The van der Waals surface area contributed by atoms with E-state index in [2.05, 4.69) is 37.8 Å². The maximum atomic E-state index is 4.27. The van der Waals surface area contributed by atoms with E-state index in [9.17, 15) is 0 Å². The molecule has 0 spiro atoms. The van der Waals surface area contributed by atoms with Crippen molar-refractivity contribution in [2.24, 2.45) is 0 Å². The predicted octanol–water partition coefficient (Wildman–Crippen LogP) is 4.52. The Hall–Kier alpha value is -0.470. The first-order valence-electron chi connectivity index (χ1n) is 4.45. The Balaban J connectivity index is 0.000000396. The smallest absolute Gasteiger partial charge is 0.0346 e. The van der Waals surface area contributed by atoms with Crippen LogP contribution >= 0.6 is 24.0 Å². The lowest BCUT2D eigenvalue weighted by Crippen LogP contribution is -1.62. The average Bonchev–Trinajstić information content (AvgIpc) is 2.48. The molecule has 70 valence electrons. The fourth-order valence-electron chi connectivity index (χ4n) is 1.16. The highest BCUT2D eigenvalue weighted by molar-refractivity contribution is 7.80. The molecule has 1 heterocycles. The fourth-order valence-corrected chi connectivity index (χ4v) is 2.28. The maximum absolute atomic E-state index is 4.27. The third-order valence-electron chi connectivity index (χ3n) is 1.62. The van der Waals surface area contributed by atoms with Gasteiger partial charge in [0.05, 0.1) is 0 Å². The molecule has 1 aromatic heterocycles. The summed E-state index contributed by atoms with van der Waals surface area (Å²) in [5, 5.41) is 1.31. The first kappa shape index (κ1) is 10.6. The highest BCUT2D eigenvalue weighted by atomic mass is 32.1. The molecule has 0 N–H and O–H groups in total. The van der Waals surface area contributed by atoms with Crippen molar-refractivity contribution >= 4 is 34.1 Å². The molecule has 0 radical (unpaired) electrons. The van der Waals surface area contributed by atoms with Crippen molar-refractivity contribution in [1.82, 2.24) is 0 Å². The van der Waals surface area contributed by atoms with Crippen LogP contribution in [0, 0.1) is 6.92 Å². The number of fused-ring (bicyclic) bond motifs is 1. The van der Waals surface area contributed by atoms with Crippen LogP contribution in [-0.4, -0.2) is 0 Å². The van der Waals surface area contributed by atoms with Crippen molar-refractivity contribution in [2.75, 3.05) is 0 Å². The van der Waals surface area contributed by atoms with Crippen LogP contribution in [0.15, 0.2) is 29.2 Å². The van der Waals surface area contributed by atoms with E-state index in [1.54, 1.807) is 0 Å². The molecule has 2 rings (SSSR count). The molecular weight excluding hydrogens is 196 g/mol. The predicted molar refractivity (Wildman–Crippen MR) is 65.2 cm³/mol. The second kappa shape index (κ2) is 4.68. The molecule has 0 aliphatic rings. The van der Waals surface area contributed by atoms with Crippen LogP contribution in [-0.2, 0) is 0 Å². The average molecular weight is 210 g/mol. The van der Waals surface area contributed by atoms with Crippen molar-refractivity contribution in [2.45, 2.75) is 25.7 Å². The Labute approximate surface area is 89.0 Å². The van der Waals surface area contributed by atoms with Crippen LogP contribution in [0.4, 0.5) is 0 Å². The SMILES string of the molecule is CC.Cc1cc2cc(S)ccc2s1. The van der Waals surface area contributed by atoms with E-state index in [4.69, 9.17) is 0 Å². The van der Waals surface area contributed by atoms with Crippen molar-refractivity contribution in [1.29, 1.82) is 0 Å². The van der Waals surface area contributed by atoms with Crippen molar-refractivity contribution in [3.8, 4) is 0 Å². The monoisotopic (exact) mass is 210 g/mol. The number of hydrogen-bond acceptors (Lipinski definition) is 2. The van der Waals surface area contributed by atoms with Crippen molar-refractivity contribution in [3.05, 3.63) is 29.1 Å². The molecule has 0 amide bonds. The fraction of sp³-hybridized carbons (Fsp3) is 0.273. The molecule has 13 heavy (non-hydrogen) atoms. The van der Waals surface area contributed by atoms with E-state index in [1.807, 2.05) is 31.3 Å². The lowest BCUT2D eigenvalue weighted by molar-refractivity contribution is 1.50. The van der Waals surface area contributed by atoms with E-state index < -0.39 is 0 Å². The number of aryl methyl sites for hydroxylation is 1. The third-order valence-corrected chi connectivity index (χ3v) is 2.93. The Kier molecular flexibility index (Phi) is 3.82. The molecule has 0 nitrogen and oxygen atoms in total. The zero-order chi connectivity index (χ0) is 9.84. The van der Waals surface area contributed by atoms with E-state index in [0.717, 1.165) is 4.90 Å². The molecule has 0 unspecified atom stereocenters. The topological polar surface area (TPSA) is 0 Å². The van der Waals surface area contributed by atoms with E-state index in [-0.39, 0.29) is 0 Å². The van der Waals surface area contributed by atoms with Crippen LogP contribution < -0.4 is 0 Å². The van der Waals surface area contributed by atoms with Crippen LogP contribution in [0.2, 0.25) is 0 Å². The van der Waals surface area contributed by atoms with Crippen molar-refractivity contribution < 1.29 is 0 Å². The number of rotatable bonds is 0. The van der Waals surface area contributed by atoms with Crippen LogP contribution in [0.5, 0.6) is 0 Å². The number of hydrogen-bond donors (Lipinski definition) is 1. The highest BCUT2D eigenvalue weighted by Crippen LogP contribution is 2.26. The summed E-state index contributed by atoms with van der Waals surface area (Å²) in [4.78, 5) is 2.40. The number of thiophene rings is 1. The minimum atomic E-state index is 1.04. The van der Waals surface area contributed by atoms with Crippen LogP contribution in [0.25, 0.3) is 10.1 Å². The highest BCUT2D eigenvalue weighted by Gasteiger charge is 1.96.